The van der Waals surface area contributed by atoms with Crippen molar-refractivity contribution in [3.05, 3.63) is 29.8 Å². The number of rotatable bonds is 4. The lowest BCUT2D eigenvalue weighted by Gasteiger charge is -2.32. The molecule has 0 radical (unpaired) electrons. The van der Waals surface area contributed by atoms with Crippen LogP contribution in [-0.2, 0) is 16.0 Å². The minimum Gasteiger partial charge on any atom is -0.475 e. The van der Waals surface area contributed by atoms with Crippen LogP contribution < -0.4 is 0 Å². The number of hydrogen-bond donors (Lipinski definition) is 2. The van der Waals surface area contributed by atoms with Gasteiger partial charge in [-0.3, -0.25) is 0 Å². The number of nitrogens with zero attached hydrogens (tertiary/aromatic N) is 2. The Balaban J connectivity index is 0.000000536. The van der Waals surface area contributed by atoms with E-state index in [1.54, 1.807) is 0 Å². The normalized spacial score (nSPS) is 15.2. The van der Waals surface area contributed by atoms with E-state index in [0.29, 0.717) is 0 Å². The van der Waals surface area contributed by atoms with Crippen molar-refractivity contribution in [2.45, 2.75) is 23.7 Å². The van der Waals surface area contributed by atoms with Crippen LogP contribution >= 0.6 is 11.8 Å². The molecule has 2 N–H and O–H groups in total. The van der Waals surface area contributed by atoms with Gasteiger partial charge < -0.3 is 20.0 Å². The average molecular weight is 478 g/mol. The summed E-state index contributed by atoms with van der Waals surface area (Å²) in [4.78, 5) is 24.1. The van der Waals surface area contributed by atoms with E-state index in [2.05, 4.69) is 47.4 Å². The van der Waals surface area contributed by atoms with Gasteiger partial charge in [-0.15, -0.1) is 11.8 Å². The fourth-order valence-corrected chi connectivity index (χ4v) is 2.56. The van der Waals surface area contributed by atoms with Gasteiger partial charge in [0, 0.05) is 37.6 Å². The summed E-state index contributed by atoms with van der Waals surface area (Å²) in [7, 11) is 2.21. The number of thioether (sulfide) groups is 1. The van der Waals surface area contributed by atoms with Crippen molar-refractivity contribution in [1.29, 1.82) is 0 Å². The Kier molecular flexibility index (Phi) is 12.6. The highest BCUT2D eigenvalue weighted by Crippen LogP contribution is 2.15. The molecule has 0 aromatic heterocycles. The van der Waals surface area contributed by atoms with Crippen LogP contribution in [0.4, 0.5) is 26.3 Å². The minimum absolute atomic E-state index is 1.18. The molecule has 0 spiro atoms. The molecular weight excluding hydrogens is 454 g/mol. The SMILES string of the molecule is CSc1ccc(CCN2CCN(C)CC2)cc1.O=C(O)C(F)(F)F.O=C(O)C(F)(F)F. The molecule has 6 nitrogen and oxygen atoms in total. The first-order valence-electron chi connectivity index (χ1n) is 8.81. The summed E-state index contributed by atoms with van der Waals surface area (Å²) in [6.07, 6.45) is -6.86. The highest BCUT2D eigenvalue weighted by molar-refractivity contribution is 7.98. The zero-order valence-corrected chi connectivity index (χ0v) is 17.6. The van der Waals surface area contributed by atoms with Crippen LogP contribution in [0.25, 0.3) is 0 Å². The molecule has 0 unspecified atom stereocenters. The Morgan fingerprint density at radius 3 is 1.61 bits per heavy atom. The van der Waals surface area contributed by atoms with E-state index in [0.717, 1.165) is 0 Å². The van der Waals surface area contributed by atoms with Crippen LogP contribution in [0.1, 0.15) is 5.56 Å². The fraction of sp³-hybridized carbons (Fsp3) is 0.556. The number of hydrogen-bond acceptors (Lipinski definition) is 5. The molecule has 2 rings (SSSR count). The van der Waals surface area contributed by atoms with Crippen molar-refractivity contribution in [3.8, 4) is 0 Å². The lowest BCUT2D eigenvalue weighted by molar-refractivity contribution is -0.193. The molecule has 178 valence electrons. The van der Waals surface area contributed by atoms with Gasteiger partial charge in [-0.1, -0.05) is 12.1 Å². The molecule has 1 saturated heterocycles. The largest absolute Gasteiger partial charge is 0.490 e. The van der Waals surface area contributed by atoms with E-state index in [-0.39, 0.29) is 0 Å². The molecule has 1 heterocycles. The fourth-order valence-electron chi connectivity index (χ4n) is 2.15. The topological polar surface area (TPSA) is 81.1 Å². The first-order chi connectivity index (χ1) is 14.2. The lowest BCUT2D eigenvalue weighted by atomic mass is 10.1. The Labute approximate surface area is 179 Å². The predicted octanol–water partition coefficient (Wildman–Crippen LogP) is 3.47. The van der Waals surface area contributed by atoms with Crippen molar-refractivity contribution in [1.82, 2.24) is 9.80 Å². The van der Waals surface area contributed by atoms with Crippen LogP contribution in [0, 0.1) is 0 Å². The van der Waals surface area contributed by atoms with Gasteiger partial charge in [0.2, 0.25) is 0 Å². The maximum Gasteiger partial charge on any atom is 0.490 e. The summed E-state index contributed by atoms with van der Waals surface area (Å²) < 4.78 is 63.5. The van der Waals surface area contributed by atoms with Crippen LogP contribution in [0.3, 0.4) is 0 Å². The summed E-state index contributed by atoms with van der Waals surface area (Å²) in [5.74, 6) is -5.51. The van der Waals surface area contributed by atoms with E-state index in [1.165, 1.54) is 49.6 Å². The first kappa shape index (κ1) is 29.0. The second-order valence-electron chi connectivity index (χ2n) is 6.35. The van der Waals surface area contributed by atoms with Crippen molar-refractivity contribution in [2.24, 2.45) is 0 Å². The number of alkyl halides is 6. The van der Waals surface area contributed by atoms with E-state index >= 15 is 0 Å². The Morgan fingerprint density at radius 1 is 0.903 bits per heavy atom. The molecule has 0 aliphatic carbocycles. The zero-order valence-electron chi connectivity index (χ0n) is 16.8. The third-order valence-electron chi connectivity index (χ3n) is 3.96. The number of carboxylic acid groups (broad SMARTS) is 2. The highest BCUT2D eigenvalue weighted by atomic mass is 32.2. The lowest BCUT2D eigenvalue weighted by Crippen LogP contribution is -2.45. The van der Waals surface area contributed by atoms with Crippen LogP contribution in [0.2, 0.25) is 0 Å². The number of carboxylic acids is 2. The molecule has 1 aromatic carbocycles. The quantitative estimate of drug-likeness (QED) is 0.507. The summed E-state index contributed by atoms with van der Waals surface area (Å²) in [6.45, 7) is 6.07. The molecule has 1 aliphatic heterocycles. The van der Waals surface area contributed by atoms with Crippen molar-refractivity contribution < 1.29 is 46.1 Å². The number of halogens is 6. The molecule has 1 fully saturated rings. The number of likely N-dealkylation sites (N-methyl/N-ethyl adjacent to an activating group) is 1. The Morgan fingerprint density at radius 2 is 1.29 bits per heavy atom. The van der Waals surface area contributed by atoms with Gasteiger partial charge in [0.1, 0.15) is 0 Å². The molecule has 0 saturated carbocycles. The molecule has 1 aliphatic rings. The third-order valence-corrected chi connectivity index (χ3v) is 4.70. The number of piperazine rings is 1. The standard InChI is InChI=1S/C14H22N2S.2C2HF3O2/c1-15-9-11-16(12-10-15)8-7-13-3-5-14(17-2)6-4-13;2*3-2(4,5)1(6)7/h3-6H,7-12H2,1-2H3;2*(H,6,7). The van der Waals surface area contributed by atoms with Crippen LogP contribution in [-0.4, -0.2) is 90.3 Å². The van der Waals surface area contributed by atoms with Gasteiger partial charge in [0.05, 0.1) is 0 Å². The van der Waals surface area contributed by atoms with Crippen molar-refractivity contribution in [3.63, 3.8) is 0 Å². The summed E-state index contributed by atoms with van der Waals surface area (Å²) in [5, 5.41) is 14.2. The minimum atomic E-state index is -5.08. The maximum atomic E-state index is 10.6. The maximum absolute atomic E-state index is 10.6. The number of benzene rings is 1. The molecule has 0 amide bonds. The summed E-state index contributed by atoms with van der Waals surface area (Å²) in [5.41, 5.74) is 1.46. The summed E-state index contributed by atoms with van der Waals surface area (Å²) in [6, 6.07) is 8.98. The van der Waals surface area contributed by atoms with E-state index in [4.69, 9.17) is 19.8 Å². The van der Waals surface area contributed by atoms with Gasteiger partial charge in [0.15, 0.2) is 0 Å². The van der Waals surface area contributed by atoms with Crippen LogP contribution in [0.15, 0.2) is 29.2 Å². The average Bonchev–Trinajstić information content (AvgIpc) is 2.67. The second-order valence-corrected chi connectivity index (χ2v) is 7.23. The number of aliphatic carboxylic acids is 2. The third kappa shape index (κ3) is 13.8. The van der Waals surface area contributed by atoms with Crippen molar-refractivity contribution in [2.75, 3.05) is 46.0 Å². The predicted molar refractivity (Wildman–Crippen MR) is 103 cm³/mol. The molecule has 0 bridgehead atoms. The van der Waals surface area contributed by atoms with E-state index in [1.807, 2.05) is 11.8 Å². The highest BCUT2D eigenvalue weighted by Gasteiger charge is 2.38. The first-order valence-corrected chi connectivity index (χ1v) is 10.0. The summed E-state index contributed by atoms with van der Waals surface area (Å²) >= 11 is 1.81. The van der Waals surface area contributed by atoms with Gasteiger partial charge in [-0.2, -0.15) is 26.3 Å². The smallest absolute Gasteiger partial charge is 0.475 e. The molecule has 1 aromatic rings. The molecular formula is C18H24F6N2O4S. The van der Waals surface area contributed by atoms with E-state index < -0.39 is 24.3 Å². The van der Waals surface area contributed by atoms with Gasteiger partial charge in [0.25, 0.3) is 0 Å². The molecule has 0 atom stereocenters. The van der Waals surface area contributed by atoms with Crippen LogP contribution in [0.5, 0.6) is 0 Å². The van der Waals surface area contributed by atoms with Gasteiger partial charge >= 0.3 is 24.3 Å². The zero-order chi connectivity index (χ0) is 24.2. The molecule has 31 heavy (non-hydrogen) atoms. The van der Waals surface area contributed by atoms with Gasteiger partial charge in [-0.05, 0) is 37.4 Å². The van der Waals surface area contributed by atoms with Crippen molar-refractivity contribution >= 4 is 23.7 Å². The second kappa shape index (κ2) is 13.4. The number of carbonyl (C=O) groups is 2. The monoisotopic (exact) mass is 478 g/mol. The Bertz CT molecular complexity index is 651. The van der Waals surface area contributed by atoms with Gasteiger partial charge in [-0.25, -0.2) is 9.59 Å². The molecule has 13 heteroatoms. The Hall–Kier alpha value is -1.99. The van der Waals surface area contributed by atoms with E-state index in [9.17, 15) is 26.3 Å².